The van der Waals surface area contributed by atoms with Crippen LogP contribution in [-0.2, 0) is 0 Å². The molecule has 1 heterocycles. The van der Waals surface area contributed by atoms with Crippen molar-refractivity contribution in [2.75, 3.05) is 5.73 Å². The molecule has 3 nitrogen and oxygen atoms in total. The van der Waals surface area contributed by atoms with Crippen LogP contribution >= 0.6 is 0 Å². The highest BCUT2D eigenvalue weighted by Crippen LogP contribution is 2.25. The van der Waals surface area contributed by atoms with Crippen molar-refractivity contribution in [2.24, 2.45) is 0 Å². The molecule has 0 bridgehead atoms. The van der Waals surface area contributed by atoms with E-state index < -0.39 is 5.82 Å². The van der Waals surface area contributed by atoms with Gasteiger partial charge < -0.3 is 5.73 Å². The van der Waals surface area contributed by atoms with Crippen LogP contribution in [0.5, 0.6) is 0 Å². The molecule has 0 radical (unpaired) electrons. The van der Waals surface area contributed by atoms with Gasteiger partial charge in [-0.15, -0.1) is 0 Å². The van der Waals surface area contributed by atoms with Crippen LogP contribution in [0, 0.1) is 5.82 Å². The van der Waals surface area contributed by atoms with Gasteiger partial charge in [0.15, 0.2) is 0 Å². The van der Waals surface area contributed by atoms with Crippen molar-refractivity contribution in [1.82, 2.24) is 10.2 Å². The first-order chi connectivity index (χ1) is 6.29. The fourth-order valence-corrected chi connectivity index (χ4v) is 1.18. The topological polar surface area (TPSA) is 54.7 Å². The quantitative estimate of drug-likeness (QED) is 0.652. The molecule has 0 unspecified atom stereocenters. The molecule has 0 saturated carbocycles. The molecule has 13 heavy (non-hydrogen) atoms. The molecule has 0 aliphatic rings. The monoisotopic (exact) mass is 177 g/mol. The number of hydrogen-bond donors (Lipinski definition) is 2. The van der Waals surface area contributed by atoms with Crippen LogP contribution < -0.4 is 5.73 Å². The zero-order chi connectivity index (χ0) is 9.26. The third-order valence-electron chi connectivity index (χ3n) is 1.84. The lowest BCUT2D eigenvalue weighted by Gasteiger charge is -2.02. The van der Waals surface area contributed by atoms with Gasteiger partial charge in [0, 0.05) is 11.8 Å². The Bertz CT molecular complexity index is 409. The Labute approximate surface area is 74.4 Å². The number of halogens is 1. The predicted octanol–water partition coefficient (Wildman–Crippen LogP) is 1.80. The van der Waals surface area contributed by atoms with Crippen molar-refractivity contribution in [3.05, 3.63) is 36.3 Å². The van der Waals surface area contributed by atoms with Gasteiger partial charge in [0.05, 0.1) is 11.4 Å². The number of nitrogens with one attached hydrogen (secondary N) is 1. The van der Waals surface area contributed by atoms with E-state index in [0.29, 0.717) is 5.56 Å². The first-order valence-electron chi connectivity index (χ1n) is 3.83. The minimum atomic E-state index is -0.410. The minimum absolute atomic E-state index is 0.145. The largest absolute Gasteiger partial charge is 0.396 e. The summed E-state index contributed by atoms with van der Waals surface area (Å²) in [4.78, 5) is 0. The van der Waals surface area contributed by atoms with Crippen LogP contribution in [0.15, 0.2) is 30.5 Å². The maximum absolute atomic E-state index is 13.0. The molecule has 0 aliphatic carbocycles. The van der Waals surface area contributed by atoms with Gasteiger partial charge in [-0.25, -0.2) is 4.39 Å². The Morgan fingerprint density at radius 2 is 2.15 bits per heavy atom. The lowest BCUT2D eigenvalue weighted by molar-refractivity contribution is 0.633. The SMILES string of the molecule is Nc1c(F)cccc1-c1ccn[nH]1. The zero-order valence-corrected chi connectivity index (χ0v) is 6.79. The summed E-state index contributed by atoms with van der Waals surface area (Å²) >= 11 is 0. The maximum atomic E-state index is 13.0. The Hall–Kier alpha value is -1.84. The van der Waals surface area contributed by atoms with Gasteiger partial charge in [0.2, 0.25) is 0 Å². The first-order valence-corrected chi connectivity index (χ1v) is 3.83. The average molecular weight is 177 g/mol. The van der Waals surface area contributed by atoms with Gasteiger partial charge in [-0.3, -0.25) is 5.10 Å². The summed E-state index contributed by atoms with van der Waals surface area (Å²) < 4.78 is 13.0. The van der Waals surface area contributed by atoms with E-state index in [2.05, 4.69) is 10.2 Å². The van der Waals surface area contributed by atoms with Crippen molar-refractivity contribution in [2.45, 2.75) is 0 Å². The molecule has 2 rings (SSSR count). The molecular weight excluding hydrogens is 169 g/mol. The number of aromatic amines is 1. The molecule has 0 saturated heterocycles. The smallest absolute Gasteiger partial charge is 0.146 e. The summed E-state index contributed by atoms with van der Waals surface area (Å²) in [5, 5.41) is 6.49. The second-order valence-corrected chi connectivity index (χ2v) is 2.67. The third kappa shape index (κ3) is 1.26. The van der Waals surface area contributed by atoms with Crippen LogP contribution in [0.4, 0.5) is 10.1 Å². The summed E-state index contributed by atoms with van der Waals surface area (Å²) in [6.07, 6.45) is 1.60. The van der Waals surface area contributed by atoms with Crippen LogP contribution in [-0.4, -0.2) is 10.2 Å². The van der Waals surface area contributed by atoms with Crippen molar-refractivity contribution < 1.29 is 4.39 Å². The molecule has 66 valence electrons. The Balaban J connectivity index is 2.59. The van der Waals surface area contributed by atoms with E-state index in [-0.39, 0.29) is 5.69 Å². The normalized spacial score (nSPS) is 10.2. The Kier molecular flexibility index (Phi) is 1.73. The van der Waals surface area contributed by atoms with Gasteiger partial charge >= 0.3 is 0 Å². The molecule has 0 amide bonds. The number of hydrogen-bond acceptors (Lipinski definition) is 2. The highest BCUT2D eigenvalue weighted by molar-refractivity contribution is 5.73. The number of benzene rings is 1. The van der Waals surface area contributed by atoms with Gasteiger partial charge in [-0.05, 0) is 12.1 Å². The molecule has 2 aromatic rings. The number of nitrogen functional groups attached to an aromatic ring is 1. The average Bonchev–Trinajstić information content (AvgIpc) is 2.62. The second-order valence-electron chi connectivity index (χ2n) is 2.67. The molecule has 1 aromatic heterocycles. The number of rotatable bonds is 1. The minimum Gasteiger partial charge on any atom is -0.396 e. The van der Waals surface area contributed by atoms with Gasteiger partial charge in [-0.2, -0.15) is 5.10 Å². The van der Waals surface area contributed by atoms with Gasteiger partial charge in [0.1, 0.15) is 5.82 Å². The summed E-state index contributed by atoms with van der Waals surface area (Å²) in [6.45, 7) is 0. The summed E-state index contributed by atoms with van der Waals surface area (Å²) in [6, 6.07) is 6.42. The highest BCUT2D eigenvalue weighted by atomic mass is 19.1. The maximum Gasteiger partial charge on any atom is 0.146 e. The third-order valence-corrected chi connectivity index (χ3v) is 1.84. The van der Waals surface area contributed by atoms with E-state index in [1.54, 1.807) is 24.4 Å². The molecule has 0 fully saturated rings. The Morgan fingerprint density at radius 3 is 2.85 bits per heavy atom. The van der Waals surface area contributed by atoms with Gasteiger partial charge in [-0.1, -0.05) is 12.1 Å². The molecule has 0 atom stereocenters. The van der Waals surface area contributed by atoms with Crippen LogP contribution in [0.2, 0.25) is 0 Å². The predicted molar refractivity (Wildman–Crippen MR) is 48.4 cm³/mol. The van der Waals surface area contributed by atoms with Crippen LogP contribution in [0.25, 0.3) is 11.3 Å². The Morgan fingerprint density at radius 1 is 1.31 bits per heavy atom. The lowest BCUT2D eigenvalue weighted by atomic mass is 10.1. The van der Waals surface area contributed by atoms with E-state index in [4.69, 9.17) is 5.73 Å². The first kappa shape index (κ1) is 7.79. The number of nitrogens with zero attached hydrogens (tertiary/aromatic N) is 1. The molecule has 3 N–H and O–H groups in total. The number of anilines is 1. The van der Waals surface area contributed by atoms with E-state index in [0.717, 1.165) is 5.69 Å². The van der Waals surface area contributed by atoms with E-state index in [9.17, 15) is 4.39 Å². The van der Waals surface area contributed by atoms with E-state index >= 15 is 0 Å². The lowest BCUT2D eigenvalue weighted by Crippen LogP contribution is -1.94. The number of H-pyrrole nitrogens is 1. The summed E-state index contributed by atoms with van der Waals surface area (Å²) in [7, 11) is 0. The fourth-order valence-electron chi connectivity index (χ4n) is 1.18. The number of para-hydroxylation sites is 1. The van der Waals surface area contributed by atoms with E-state index in [1.807, 2.05) is 0 Å². The van der Waals surface area contributed by atoms with E-state index in [1.165, 1.54) is 6.07 Å². The molecule has 0 aliphatic heterocycles. The van der Waals surface area contributed by atoms with Crippen molar-refractivity contribution in [3.8, 4) is 11.3 Å². The second kappa shape index (κ2) is 2.90. The summed E-state index contributed by atoms with van der Waals surface area (Å²) in [5.41, 5.74) is 7.05. The van der Waals surface area contributed by atoms with Crippen LogP contribution in [0.3, 0.4) is 0 Å². The molecule has 1 aromatic carbocycles. The number of nitrogens with two attached hydrogens (primary N) is 1. The molecule has 0 spiro atoms. The van der Waals surface area contributed by atoms with Crippen molar-refractivity contribution >= 4 is 5.69 Å². The molecule has 4 heteroatoms. The number of aromatic nitrogens is 2. The van der Waals surface area contributed by atoms with Crippen LogP contribution in [0.1, 0.15) is 0 Å². The van der Waals surface area contributed by atoms with Crippen molar-refractivity contribution in [1.29, 1.82) is 0 Å². The van der Waals surface area contributed by atoms with Gasteiger partial charge in [0.25, 0.3) is 0 Å². The zero-order valence-electron chi connectivity index (χ0n) is 6.79. The standard InChI is InChI=1S/C9H8FN3/c10-7-3-1-2-6(9(7)11)8-4-5-12-13-8/h1-5H,11H2,(H,12,13). The molecular formula is C9H8FN3. The fraction of sp³-hybridized carbons (Fsp3) is 0. The highest BCUT2D eigenvalue weighted by Gasteiger charge is 2.06. The summed E-state index contributed by atoms with van der Waals surface area (Å²) in [5.74, 6) is -0.410. The van der Waals surface area contributed by atoms with Crippen molar-refractivity contribution in [3.63, 3.8) is 0 Å².